The molecule has 2 fully saturated rings. The van der Waals surface area contributed by atoms with Gasteiger partial charge in [0.2, 0.25) is 0 Å². The van der Waals surface area contributed by atoms with Gasteiger partial charge in [0.15, 0.2) is 0 Å². The topological polar surface area (TPSA) is 32.3 Å². The van der Waals surface area contributed by atoms with Gasteiger partial charge in [-0.3, -0.25) is 4.79 Å². The predicted molar refractivity (Wildman–Crippen MR) is 91.2 cm³/mol. The number of fused-ring (bicyclic) bond motifs is 2. The Kier molecular flexibility index (Phi) is 5.33. The number of carbonyl (C=O) groups is 1. The van der Waals surface area contributed by atoms with Crippen LogP contribution in [-0.2, 0) is 0 Å². The van der Waals surface area contributed by atoms with Crippen LogP contribution in [0.4, 0.5) is 0 Å². The van der Waals surface area contributed by atoms with E-state index in [9.17, 15) is 4.79 Å². The highest BCUT2D eigenvalue weighted by Crippen LogP contribution is 2.30. The van der Waals surface area contributed by atoms with Crippen LogP contribution >= 0.6 is 28.3 Å². The quantitative estimate of drug-likeness (QED) is 0.860. The van der Waals surface area contributed by atoms with Gasteiger partial charge < -0.3 is 10.2 Å². The zero-order valence-corrected chi connectivity index (χ0v) is 14.8. The van der Waals surface area contributed by atoms with Crippen LogP contribution in [0.1, 0.15) is 41.6 Å². The van der Waals surface area contributed by atoms with Crippen molar-refractivity contribution in [1.29, 1.82) is 0 Å². The Bertz CT molecular complexity index is 525. The number of halogens is 2. The lowest BCUT2D eigenvalue weighted by Gasteiger charge is -2.35. The van der Waals surface area contributed by atoms with E-state index < -0.39 is 0 Å². The minimum atomic E-state index is 0. The summed E-state index contributed by atoms with van der Waals surface area (Å²) in [5.41, 5.74) is 1.93. The molecular formula is C16H22BrClN2O. The van der Waals surface area contributed by atoms with Gasteiger partial charge in [0.1, 0.15) is 0 Å². The molecule has 0 spiro atoms. The molecule has 1 aromatic rings. The third-order valence-electron chi connectivity index (χ3n) is 4.67. The molecule has 2 atom stereocenters. The van der Waals surface area contributed by atoms with E-state index in [1.54, 1.807) is 0 Å². The Morgan fingerprint density at radius 2 is 1.90 bits per heavy atom. The zero-order valence-electron chi connectivity index (χ0n) is 12.4. The van der Waals surface area contributed by atoms with Crippen LogP contribution in [0, 0.1) is 6.92 Å². The highest BCUT2D eigenvalue weighted by atomic mass is 79.9. The smallest absolute Gasteiger partial charge is 0.254 e. The SMILES string of the molecule is Cc1ccc(C(=O)N(C)C2CC3CCC(C2)N3)c(Br)c1.Cl. The fraction of sp³-hybridized carbons (Fsp3) is 0.562. The van der Waals surface area contributed by atoms with Gasteiger partial charge in [-0.05, 0) is 66.2 Å². The summed E-state index contributed by atoms with van der Waals surface area (Å²) in [7, 11) is 1.95. The normalized spacial score (nSPS) is 27.1. The van der Waals surface area contributed by atoms with Crippen LogP contribution in [0.3, 0.4) is 0 Å². The first kappa shape index (κ1) is 16.8. The van der Waals surface area contributed by atoms with Crippen LogP contribution in [-0.4, -0.2) is 36.0 Å². The Morgan fingerprint density at radius 3 is 2.48 bits per heavy atom. The predicted octanol–water partition coefficient (Wildman–Crippen LogP) is 3.53. The van der Waals surface area contributed by atoms with E-state index in [0.29, 0.717) is 18.1 Å². The monoisotopic (exact) mass is 372 g/mol. The van der Waals surface area contributed by atoms with Gasteiger partial charge in [-0.1, -0.05) is 6.07 Å². The number of rotatable bonds is 2. The minimum absolute atomic E-state index is 0. The largest absolute Gasteiger partial charge is 0.339 e. The van der Waals surface area contributed by atoms with Crippen molar-refractivity contribution in [3.63, 3.8) is 0 Å². The van der Waals surface area contributed by atoms with Gasteiger partial charge in [0.25, 0.3) is 5.91 Å². The lowest BCUT2D eigenvalue weighted by atomic mass is 9.98. The number of benzene rings is 1. The first-order valence-electron chi connectivity index (χ1n) is 7.34. The van der Waals surface area contributed by atoms with Crippen LogP contribution in [0.15, 0.2) is 22.7 Å². The fourth-order valence-electron chi connectivity index (χ4n) is 3.49. The summed E-state index contributed by atoms with van der Waals surface area (Å²) in [4.78, 5) is 14.6. The molecule has 21 heavy (non-hydrogen) atoms. The maximum Gasteiger partial charge on any atom is 0.254 e. The second-order valence-electron chi connectivity index (χ2n) is 6.16. The van der Waals surface area contributed by atoms with Crippen molar-refractivity contribution in [3.05, 3.63) is 33.8 Å². The molecule has 2 aliphatic heterocycles. The van der Waals surface area contributed by atoms with Crippen LogP contribution in [0.25, 0.3) is 0 Å². The Morgan fingerprint density at radius 1 is 1.29 bits per heavy atom. The maximum atomic E-state index is 12.7. The van der Waals surface area contributed by atoms with Crippen molar-refractivity contribution in [2.24, 2.45) is 0 Å². The summed E-state index contributed by atoms with van der Waals surface area (Å²) in [6, 6.07) is 7.51. The summed E-state index contributed by atoms with van der Waals surface area (Å²) in [5, 5.41) is 3.63. The molecule has 1 amide bonds. The number of piperidine rings is 1. The molecule has 1 aromatic carbocycles. The molecule has 116 valence electrons. The van der Waals surface area contributed by atoms with Crippen molar-refractivity contribution in [2.45, 2.75) is 50.7 Å². The van der Waals surface area contributed by atoms with Gasteiger partial charge in [0, 0.05) is 29.6 Å². The molecule has 5 heteroatoms. The summed E-state index contributed by atoms with van der Waals surface area (Å²) < 4.78 is 0.895. The Hall–Kier alpha value is -0.580. The van der Waals surface area contributed by atoms with Gasteiger partial charge in [-0.2, -0.15) is 0 Å². The third kappa shape index (κ3) is 3.43. The average molecular weight is 374 g/mol. The second-order valence-corrected chi connectivity index (χ2v) is 7.02. The summed E-state index contributed by atoms with van der Waals surface area (Å²) in [6.07, 6.45) is 4.69. The van der Waals surface area contributed by atoms with Gasteiger partial charge in [-0.15, -0.1) is 12.4 Å². The number of aryl methyl sites for hydroxylation is 1. The van der Waals surface area contributed by atoms with E-state index in [2.05, 4.69) is 21.2 Å². The second kappa shape index (κ2) is 6.67. The number of nitrogens with zero attached hydrogens (tertiary/aromatic N) is 1. The number of carbonyl (C=O) groups excluding carboxylic acids is 1. The van der Waals surface area contributed by atoms with E-state index in [1.807, 2.05) is 37.1 Å². The third-order valence-corrected chi connectivity index (χ3v) is 5.33. The standard InChI is InChI=1S/C16H21BrN2O.ClH/c1-10-3-6-14(15(17)7-10)16(20)19(2)13-8-11-4-5-12(9-13)18-11;/h3,6-7,11-13,18H,4-5,8-9H2,1-2H3;1H. The Balaban J connectivity index is 0.00000161. The maximum absolute atomic E-state index is 12.7. The molecule has 0 saturated carbocycles. The van der Waals surface area contributed by atoms with E-state index in [-0.39, 0.29) is 18.3 Å². The number of nitrogens with one attached hydrogen (secondary N) is 1. The highest BCUT2D eigenvalue weighted by molar-refractivity contribution is 9.10. The highest BCUT2D eigenvalue weighted by Gasteiger charge is 2.36. The van der Waals surface area contributed by atoms with E-state index >= 15 is 0 Å². The molecule has 0 aromatic heterocycles. The molecule has 3 nitrogen and oxygen atoms in total. The average Bonchev–Trinajstić information content (AvgIpc) is 2.76. The van der Waals surface area contributed by atoms with Crippen molar-refractivity contribution in [1.82, 2.24) is 10.2 Å². The summed E-state index contributed by atoms with van der Waals surface area (Å²) in [6.45, 7) is 2.03. The molecule has 0 aliphatic carbocycles. The number of amides is 1. The molecule has 2 heterocycles. The first-order chi connectivity index (χ1) is 9.54. The van der Waals surface area contributed by atoms with Gasteiger partial charge in [-0.25, -0.2) is 0 Å². The Labute approximate surface area is 141 Å². The van der Waals surface area contributed by atoms with Crippen molar-refractivity contribution in [2.75, 3.05) is 7.05 Å². The molecule has 3 rings (SSSR count). The van der Waals surface area contributed by atoms with Crippen LogP contribution < -0.4 is 5.32 Å². The summed E-state index contributed by atoms with van der Waals surface area (Å²) >= 11 is 3.52. The lowest BCUT2D eigenvalue weighted by Crippen LogP contribution is -2.48. The number of hydrogen-bond donors (Lipinski definition) is 1. The van der Waals surface area contributed by atoms with Crippen molar-refractivity contribution < 1.29 is 4.79 Å². The van der Waals surface area contributed by atoms with Gasteiger partial charge in [0.05, 0.1) is 5.56 Å². The number of hydrogen-bond acceptors (Lipinski definition) is 2. The molecule has 2 bridgehead atoms. The molecule has 2 unspecified atom stereocenters. The lowest BCUT2D eigenvalue weighted by molar-refractivity contribution is 0.0681. The van der Waals surface area contributed by atoms with Gasteiger partial charge >= 0.3 is 0 Å². The van der Waals surface area contributed by atoms with Crippen LogP contribution in [0.5, 0.6) is 0 Å². The molecule has 2 aliphatic rings. The fourth-order valence-corrected chi connectivity index (χ4v) is 4.16. The van der Waals surface area contributed by atoms with E-state index in [0.717, 1.165) is 28.4 Å². The van der Waals surface area contributed by atoms with E-state index in [1.165, 1.54) is 12.8 Å². The summed E-state index contributed by atoms with van der Waals surface area (Å²) in [5.74, 6) is 0.128. The van der Waals surface area contributed by atoms with Crippen LogP contribution in [0.2, 0.25) is 0 Å². The first-order valence-corrected chi connectivity index (χ1v) is 8.13. The molecule has 0 radical (unpaired) electrons. The molecule has 2 saturated heterocycles. The van der Waals surface area contributed by atoms with Crippen molar-refractivity contribution in [3.8, 4) is 0 Å². The molecular weight excluding hydrogens is 352 g/mol. The zero-order chi connectivity index (χ0) is 14.3. The van der Waals surface area contributed by atoms with Crippen molar-refractivity contribution >= 4 is 34.2 Å². The minimum Gasteiger partial charge on any atom is -0.339 e. The van der Waals surface area contributed by atoms with E-state index in [4.69, 9.17) is 0 Å². The molecule has 1 N–H and O–H groups in total.